The van der Waals surface area contributed by atoms with E-state index < -0.39 is 6.10 Å². The Hall–Kier alpha value is -0.520. The molecule has 0 aliphatic heterocycles. The third-order valence-electron chi connectivity index (χ3n) is 1.12. The second-order valence-electron chi connectivity index (χ2n) is 1.90. The zero-order valence-electron chi connectivity index (χ0n) is 5.61. The highest BCUT2D eigenvalue weighted by atomic mass is 32.1. The Balaban J connectivity index is 2.50. The first-order valence-electron chi connectivity index (χ1n) is 2.94. The van der Waals surface area contributed by atoms with Crippen molar-refractivity contribution in [1.82, 2.24) is 14.9 Å². The molecule has 1 rings (SSSR count). The first-order valence-corrected chi connectivity index (χ1v) is 3.78. The van der Waals surface area contributed by atoms with Gasteiger partial charge in [0.2, 0.25) is 0 Å². The van der Waals surface area contributed by atoms with E-state index in [0.29, 0.717) is 12.2 Å². The second-order valence-corrected chi connectivity index (χ2v) is 2.51. The molecule has 0 aliphatic rings. The van der Waals surface area contributed by atoms with Crippen molar-refractivity contribution in [2.75, 3.05) is 13.6 Å². The zero-order chi connectivity index (χ0) is 7.40. The zero-order valence-corrected chi connectivity index (χ0v) is 6.43. The highest BCUT2D eigenvalue weighted by Gasteiger charge is 2.07. The van der Waals surface area contributed by atoms with Crippen LogP contribution in [-0.4, -0.2) is 28.3 Å². The fraction of sp³-hybridized carbons (Fsp3) is 0.600. The van der Waals surface area contributed by atoms with Crippen LogP contribution in [0.3, 0.4) is 0 Å². The lowest BCUT2D eigenvalue weighted by Gasteiger charge is -2.03. The third-order valence-corrected chi connectivity index (χ3v) is 1.64. The summed E-state index contributed by atoms with van der Waals surface area (Å²) in [4.78, 5) is 0. The Kier molecular flexibility index (Phi) is 2.73. The molecule has 0 spiro atoms. The molecular formula is C5H9N3OS. The van der Waals surface area contributed by atoms with E-state index in [1.165, 1.54) is 11.5 Å². The number of rotatable bonds is 3. The van der Waals surface area contributed by atoms with E-state index >= 15 is 0 Å². The van der Waals surface area contributed by atoms with Crippen molar-refractivity contribution in [3.05, 3.63) is 11.1 Å². The molecule has 1 heterocycles. The summed E-state index contributed by atoms with van der Waals surface area (Å²) in [6.07, 6.45) is -0.524. The number of hydrogen-bond donors (Lipinski definition) is 2. The van der Waals surface area contributed by atoms with Gasteiger partial charge in [0.25, 0.3) is 0 Å². The average Bonchev–Trinajstić information content (AvgIpc) is 2.38. The second kappa shape index (κ2) is 3.60. The van der Waals surface area contributed by atoms with E-state index in [-0.39, 0.29) is 0 Å². The summed E-state index contributed by atoms with van der Waals surface area (Å²) in [6, 6.07) is 0. The number of aliphatic hydroxyl groups excluding tert-OH is 1. The molecule has 1 atom stereocenters. The lowest BCUT2D eigenvalue weighted by molar-refractivity contribution is 0.173. The molecule has 0 saturated heterocycles. The standard InChI is InChI=1S/C5H9N3OS/c1-6-2-5(9)4-3-10-8-7-4/h3,5-6,9H,2H2,1H3. The Morgan fingerprint density at radius 2 is 2.70 bits per heavy atom. The van der Waals surface area contributed by atoms with Gasteiger partial charge in [-0.15, -0.1) is 5.10 Å². The van der Waals surface area contributed by atoms with Gasteiger partial charge in [-0.2, -0.15) is 0 Å². The van der Waals surface area contributed by atoms with Crippen LogP contribution in [0, 0.1) is 0 Å². The van der Waals surface area contributed by atoms with Gasteiger partial charge >= 0.3 is 0 Å². The first-order chi connectivity index (χ1) is 4.84. The highest BCUT2D eigenvalue weighted by molar-refractivity contribution is 7.03. The van der Waals surface area contributed by atoms with Crippen LogP contribution in [0.2, 0.25) is 0 Å². The molecule has 0 bridgehead atoms. The summed E-state index contributed by atoms with van der Waals surface area (Å²) in [7, 11) is 1.78. The van der Waals surface area contributed by atoms with Crippen LogP contribution in [0.1, 0.15) is 11.8 Å². The Morgan fingerprint density at radius 1 is 1.90 bits per heavy atom. The van der Waals surface area contributed by atoms with E-state index in [4.69, 9.17) is 0 Å². The molecule has 1 unspecified atom stereocenters. The highest BCUT2D eigenvalue weighted by Crippen LogP contribution is 2.08. The van der Waals surface area contributed by atoms with Gasteiger partial charge in [-0.3, -0.25) is 0 Å². The number of nitrogens with one attached hydrogen (secondary N) is 1. The van der Waals surface area contributed by atoms with Crippen molar-refractivity contribution in [3.63, 3.8) is 0 Å². The third kappa shape index (κ3) is 1.73. The van der Waals surface area contributed by atoms with Crippen LogP contribution in [0.15, 0.2) is 5.38 Å². The molecule has 0 aromatic carbocycles. The number of hydrogen-bond acceptors (Lipinski definition) is 5. The molecule has 4 nitrogen and oxygen atoms in total. The predicted molar refractivity (Wildman–Crippen MR) is 38.8 cm³/mol. The number of likely N-dealkylation sites (N-methyl/N-ethyl adjacent to an activating group) is 1. The number of aromatic nitrogens is 2. The fourth-order valence-electron chi connectivity index (χ4n) is 0.615. The normalized spacial score (nSPS) is 13.4. The quantitative estimate of drug-likeness (QED) is 0.640. The summed E-state index contributed by atoms with van der Waals surface area (Å²) in [6.45, 7) is 0.519. The van der Waals surface area contributed by atoms with Crippen LogP contribution in [0.4, 0.5) is 0 Å². The van der Waals surface area contributed by atoms with Crippen LogP contribution in [-0.2, 0) is 0 Å². The SMILES string of the molecule is CNCC(O)c1csnn1. The summed E-state index contributed by atoms with van der Waals surface area (Å²) in [5.74, 6) is 0. The van der Waals surface area contributed by atoms with Crippen LogP contribution < -0.4 is 5.32 Å². The van der Waals surface area contributed by atoms with Gasteiger partial charge in [-0.05, 0) is 18.6 Å². The Morgan fingerprint density at radius 3 is 3.20 bits per heavy atom. The first kappa shape index (κ1) is 7.59. The lowest BCUT2D eigenvalue weighted by Crippen LogP contribution is -2.16. The van der Waals surface area contributed by atoms with Gasteiger partial charge in [0.1, 0.15) is 11.8 Å². The van der Waals surface area contributed by atoms with E-state index in [9.17, 15) is 5.11 Å². The molecular weight excluding hydrogens is 150 g/mol. The van der Waals surface area contributed by atoms with Crippen LogP contribution in [0.5, 0.6) is 0 Å². The van der Waals surface area contributed by atoms with E-state index in [0.717, 1.165) is 0 Å². The molecule has 5 heteroatoms. The largest absolute Gasteiger partial charge is 0.385 e. The van der Waals surface area contributed by atoms with Gasteiger partial charge in [0.05, 0.1) is 0 Å². The molecule has 0 fully saturated rings. The Labute approximate surface area is 63.1 Å². The van der Waals surface area contributed by atoms with Gasteiger partial charge in [0, 0.05) is 11.9 Å². The average molecular weight is 159 g/mol. The fourth-order valence-corrected chi connectivity index (χ4v) is 1.12. The minimum absolute atomic E-state index is 0.519. The van der Waals surface area contributed by atoms with E-state index in [1.807, 2.05) is 0 Å². The van der Waals surface area contributed by atoms with E-state index in [1.54, 1.807) is 12.4 Å². The van der Waals surface area contributed by atoms with Gasteiger partial charge in [-0.1, -0.05) is 4.49 Å². The molecule has 1 aromatic rings. The Bertz CT molecular complexity index is 177. The van der Waals surface area contributed by atoms with Crippen molar-refractivity contribution < 1.29 is 5.11 Å². The predicted octanol–water partition coefficient (Wildman–Crippen LogP) is -0.209. The van der Waals surface area contributed by atoms with Crippen LogP contribution >= 0.6 is 11.5 Å². The molecule has 2 N–H and O–H groups in total. The maximum Gasteiger partial charge on any atom is 0.111 e. The maximum absolute atomic E-state index is 9.25. The topological polar surface area (TPSA) is 58.0 Å². The number of nitrogens with zero attached hydrogens (tertiary/aromatic N) is 2. The number of aliphatic hydroxyl groups is 1. The van der Waals surface area contributed by atoms with Gasteiger partial charge < -0.3 is 10.4 Å². The smallest absolute Gasteiger partial charge is 0.111 e. The molecule has 0 aliphatic carbocycles. The van der Waals surface area contributed by atoms with Crippen molar-refractivity contribution in [2.45, 2.75) is 6.10 Å². The summed E-state index contributed by atoms with van der Waals surface area (Å²) in [5.41, 5.74) is 0.638. The van der Waals surface area contributed by atoms with Crippen molar-refractivity contribution >= 4 is 11.5 Å². The van der Waals surface area contributed by atoms with Gasteiger partial charge in [0.15, 0.2) is 0 Å². The minimum Gasteiger partial charge on any atom is -0.385 e. The molecule has 10 heavy (non-hydrogen) atoms. The molecule has 0 saturated carbocycles. The summed E-state index contributed by atoms with van der Waals surface area (Å²) >= 11 is 1.24. The molecule has 1 aromatic heterocycles. The summed E-state index contributed by atoms with van der Waals surface area (Å²) < 4.78 is 3.63. The monoisotopic (exact) mass is 159 g/mol. The maximum atomic E-state index is 9.25. The van der Waals surface area contributed by atoms with Crippen molar-refractivity contribution in [3.8, 4) is 0 Å². The van der Waals surface area contributed by atoms with Crippen molar-refractivity contribution in [2.24, 2.45) is 0 Å². The molecule has 0 amide bonds. The minimum atomic E-state index is -0.524. The lowest BCUT2D eigenvalue weighted by atomic mass is 10.3. The van der Waals surface area contributed by atoms with Crippen molar-refractivity contribution in [1.29, 1.82) is 0 Å². The summed E-state index contributed by atoms with van der Waals surface area (Å²) in [5, 5.41) is 17.5. The van der Waals surface area contributed by atoms with E-state index in [2.05, 4.69) is 14.9 Å². The van der Waals surface area contributed by atoms with Gasteiger partial charge in [-0.25, -0.2) is 0 Å². The molecule has 0 radical (unpaired) electrons. The molecule has 56 valence electrons. The van der Waals surface area contributed by atoms with Crippen LogP contribution in [0.25, 0.3) is 0 Å².